The Morgan fingerprint density at radius 1 is 1.35 bits per heavy atom. The number of nitrogens with two attached hydrogens (primary N) is 1. The molecule has 20 heavy (non-hydrogen) atoms. The van der Waals surface area contributed by atoms with Gasteiger partial charge in [-0.1, -0.05) is 30.3 Å². The van der Waals surface area contributed by atoms with Crippen LogP contribution in [0.15, 0.2) is 30.3 Å². The van der Waals surface area contributed by atoms with Gasteiger partial charge in [0.15, 0.2) is 6.10 Å². The van der Waals surface area contributed by atoms with Gasteiger partial charge in [-0.3, -0.25) is 4.79 Å². The van der Waals surface area contributed by atoms with Crippen molar-refractivity contribution in [3.8, 4) is 0 Å². The Morgan fingerprint density at radius 3 is 2.30 bits per heavy atom. The van der Waals surface area contributed by atoms with E-state index in [-0.39, 0.29) is 12.4 Å². The number of hydrogen-bond acceptors (Lipinski definition) is 3. The summed E-state index contributed by atoms with van der Waals surface area (Å²) in [5.41, 5.74) is 4.80. The van der Waals surface area contributed by atoms with Crippen LogP contribution >= 0.6 is 12.4 Å². The largest absolute Gasteiger partial charge is 0.416 e. The van der Waals surface area contributed by atoms with Crippen molar-refractivity contribution in [1.82, 2.24) is 5.32 Å². The molecule has 1 amide bonds. The molecule has 8 heteroatoms. The van der Waals surface area contributed by atoms with E-state index in [4.69, 9.17) is 10.8 Å². The smallest absolute Gasteiger partial charge is 0.382 e. The summed E-state index contributed by atoms with van der Waals surface area (Å²) in [5.74, 6) is -0.790. The molecule has 2 atom stereocenters. The number of amides is 1. The first-order valence-corrected chi connectivity index (χ1v) is 5.53. The van der Waals surface area contributed by atoms with E-state index in [0.29, 0.717) is 5.56 Å². The number of aliphatic hydroxyl groups is 1. The zero-order chi connectivity index (χ0) is 14.7. The minimum atomic E-state index is -4.77. The van der Waals surface area contributed by atoms with Gasteiger partial charge < -0.3 is 16.2 Å². The number of carbonyl (C=O) groups excluding carboxylic acids is 1. The zero-order valence-electron chi connectivity index (χ0n) is 10.6. The topological polar surface area (TPSA) is 75.4 Å². The first-order valence-electron chi connectivity index (χ1n) is 5.53. The summed E-state index contributed by atoms with van der Waals surface area (Å²) in [6.07, 6.45) is -7.38. The van der Waals surface area contributed by atoms with Crippen LogP contribution in [0.1, 0.15) is 12.5 Å². The van der Waals surface area contributed by atoms with Gasteiger partial charge in [0.05, 0.1) is 6.54 Å². The van der Waals surface area contributed by atoms with Crippen molar-refractivity contribution < 1.29 is 23.1 Å². The minimum Gasteiger partial charge on any atom is -0.382 e. The number of benzene rings is 1. The fourth-order valence-corrected chi connectivity index (χ4v) is 1.40. The Kier molecular flexibility index (Phi) is 6.46. The lowest BCUT2D eigenvalue weighted by atomic mass is 9.92. The van der Waals surface area contributed by atoms with Crippen LogP contribution in [0, 0.1) is 0 Å². The van der Waals surface area contributed by atoms with Crippen LogP contribution in [0.5, 0.6) is 0 Å². The number of rotatable bonds is 4. The molecule has 1 aromatic carbocycles. The normalized spacial score (nSPS) is 15.7. The molecule has 0 aliphatic carbocycles. The predicted octanol–water partition coefficient (Wildman–Crippen LogP) is 1.32. The van der Waals surface area contributed by atoms with E-state index in [9.17, 15) is 18.0 Å². The number of halogens is 4. The predicted molar refractivity (Wildman–Crippen MR) is 70.3 cm³/mol. The van der Waals surface area contributed by atoms with E-state index in [1.165, 1.54) is 6.92 Å². The molecule has 1 aromatic rings. The second kappa shape index (κ2) is 6.92. The second-order valence-corrected chi connectivity index (χ2v) is 4.34. The standard InChI is InChI=1S/C12H15F3N2O2.ClH/c1-11(16,8-5-3-2-4-6-8)10(19)17-7-9(18)12(13,14)15;/h2-6,9,18H,7,16H2,1H3,(H,17,19);1H. The molecule has 2 unspecified atom stereocenters. The van der Waals surface area contributed by atoms with Gasteiger partial charge in [-0.05, 0) is 12.5 Å². The van der Waals surface area contributed by atoms with Gasteiger partial charge in [-0.2, -0.15) is 13.2 Å². The maximum atomic E-state index is 12.1. The highest BCUT2D eigenvalue weighted by atomic mass is 35.5. The molecule has 0 radical (unpaired) electrons. The van der Waals surface area contributed by atoms with Gasteiger partial charge in [-0.15, -0.1) is 12.4 Å². The molecule has 0 aromatic heterocycles. The molecule has 0 heterocycles. The third-order valence-corrected chi connectivity index (χ3v) is 2.68. The molecular formula is C12H16ClF3N2O2. The summed E-state index contributed by atoms with van der Waals surface area (Å²) >= 11 is 0. The molecule has 4 nitrogen and oxygen atoms in total. The molecule has 0 aliphatic heterocycles. The molecule has 0 saturated carbocycles. The highest BCUT2D eigenvalue weighted by Gasteiger charge is 2.39. The quantitative estimate of drug-likeness (QED) is 0.785. The first kappa shape index (κ1) is 18.7. The molecule has 4 N–H and O–H groups in total. The fraction of sp³-hybridized carbons (Fsp3) is 0.417. The second-order valence-electron chi connectivity index (χ2n) is 4.34. The summed E-state index contributed by atoms with van der Waals surface area (Å²) in [6, 6.07) is 8.25. The lowest BCUT2D eigenvalue weighted by Gasteiger charge is -2.25. The molecule has 0 aliphatic rings. The van der Waals surface area contributed by atoms with Crippen molar-refractivity contribution in [3.63, 3.8) is 0 Å². The fourth-order valence-electron chi connectivity index (χ4n) is 1.40. The Bertz CT molecular complexity index is 438. The number of alkyl halides is 3. The van der Waals surface area contributed by atoms with Crippen molar-refractivity contribution in [2.24, 2.45) is 5.73 Å². The van der Waals surface area contributed by atoms with Crippen LogP contribution in [0.25, 0.3) is 0 Å². The van der Waals surface area contributed by atoms with Crippen LogP contribution in [0.3, 0.4) is 0 Å². The SMILES string of the molecule is CC(N)(C(=O)NCC(O)C(F)(F)F)c1ccccc1.Cl. The first-order chi connectivity index (χ1) is 8.65. The molecule has 1 rings (SSSR count). The van der Waals surface area contributed by atoms with Crippen LogP contribution in [0.2, 0.25) is 0 Å². The van der Waals surface area contributed by atoms with Gasteiger partial charge in [0.25, 0.3) is 0 Å². The maximum Gasteiger partial charge on any atom is 0.416 e. The zero-order valence-corrected chi connectivity index (χ0v) is 11.5. The van der Waals surface area contributed by atoms with Crippen molar-refractivity contribution >= 4 is 18.3 Å². The van der Waals surface area contributed by atoms with E-state index in [1.807, 2.05) is 5.32 Å². The molecule has 0 saturated heterocycles. The lowest BCUT2D eigenvalue weighted by Crippen LogP contribution is -2.52. The van der Waals surface area contributed by atoms with Crippen molar-refractivity contribution in [1.29, 1.82) is 0 Å². The summed E-state index contributed by atoms with van der Waals surface area (Å²) in [4.78, 5) is 11.8. The Morgan fingerprint density at radius 2 is 1.85 bits per heavy atom. The summed E-state index contributed by atoms with van der Waals surface area (Å²) < 4.78 is 36.3. The van der Waals surface area contributed by atoms with Gasteiger partial charge in [0.1, 0.15) is 5.54 Å². The van der Waals surface area contributed by atoms with Crippen molar-refractivity contribution in [2.45, 2.75) is 24.7 Å². The van der Waals surface area contributed by atoms with E-state index in [0.717, 1.165) is 0 Å². The van der Waals surface area contributed by atoms with Gasteiger partial charge >= 0.3 is 6.18 Å². The highest BCUT2D eigenvalue weighted by Crippen LogP contribution is 2.20. The molecule has 114 valence electrons. The van der Waals surface area contributed by atoms with E-state index in [2.05, 4.69) is 0 Å². The number of aliphatic hydroxyl groups excluding tert-OH is 1. The summed E-state index contributed by atoms with van der Waals surface area (Å²) in [7, 11) is 0. The van der Waals surface area contributed by atoms with Crippen molar-refractivity contribution in [2.75, 3.05) is 6.54 Å². The molecular weight excluding hydrogens is 297 g/mol. The number of carbonyl (C=O) groups is 1. The maximum absolute atomic E-state index is 12.1. The van der Waals surface area contributed by atoms with Crippen molar-refractivity contribution in [3.05, 3.63) is 35.9 Å². The lowest BCUT2D eigenvalue weighted by molar-refractivity contribution is -0.202. The van der Waals surface area contributed by atoms with E-state index in [1.54, 1.807) is 30.3 Å². The third-order valence-electron chi connectivity index (χ3n) is 2.68. The monoisotopic (exact) mass is 312 g/mol. The van der Waals surface area contributed by atoms with E-state index >= 15 is 0 Å². The average Bonchev–Trinajstić information content (AvgIpc) is 2.35. The molecule has 0 bridgehead atoms. The third kappa shape index (κ3) is 4.66. The summed E-state index contributed by atoms with van der Waals surface area (Å²) in [5, 5.41) is 10.8. The Balaban J connectivity index is 0.00000361. The molecule has 0 fully saturated rings. The van der Waals surface area contributed by atoms with Crippen LogP contribution in [0.4, 0.5) is 13.2 Å². The average molecular weight is 313 g/mol. The van der Waals surface area contributed by atoms with Gasteiger partial charge in [0.2, 0.25) is 5.91 Å². The van der Waals surface area contributed by atoms with Crippen LogP contribution < -0.4 is 11.1 Å². The number of nitrogens with one attached hydrogen (secondary N) is 1. The number of hydrogen-bond donors (Lipinski definition) is 3. The molecule has 0 spiro atoms. The highest BCUT2D eigenvalue weighted by molar-refractivity contribution is 5.87. The summed E-state index contributed by atoms with van der Waals surface area (Å²) in [6.45, 7) is 0.458. The Labute approximate surface area is 120 Å². The van der Waals surface area contributed by atoms with Gasteiger partial charge in [0, 0.05) is 0 Å². The van der Waals surface area contributed by atoms with E-state index < -0.39 is 30.3 Å². The van der Waals surface area contributed by atoms with Crippen LogP contribution in [-0.4, -0.2) is 29.8 Å². The Hall–Kier alpha value is -1.31. The van der Waals surface area contributed by atoms with Gasteiger partial charge in [-0.25, -0.2) is 0 Å². The van der Waals surface area contributed by atoms with Crippen LogP contribution in [-0.2, 0) is 10.3 Å². The minimum absolute atomic E-state index is 0.